The Labute approximate surface area is 122 Å². The van der Waals surface area contributed by atoms with Crippen molar-refractivity contribution in [3.8, 4) is 0 Å². The van der Waals surface area contributed by atoms with Crippen LogP contribution in [0.1, 0.15) is 12.0 Å². The maximum absolute atomic E-state index is 13.6. The smallest absolute Gasteiger partial charge is 0.243 e. The summed E-state index contributed by atoms with van der Waals surface area (Å²) in [5, 5.41) is 8.84. The van der Waals surface area contributed by atoms with E-state index in [0.717, 1.165) is 6.07 Å². The summed E-state index contributed by atoms with van der Waals surface area (Å²) in [5.41, 5.74) is 0.0488. The molecule has 1 fully saturated rings. The highest BCUT2D eigenvalue weighted by molar-refractivity contribution is 7.89. The molecule has 5 nitrogen and oxygen atoms in total. The number of methoxy groups -OCH3 is 1. The summed E-state index contributed by atoms with van der Waals surface area (Å²) in [5.74, 6) is -0.862. The topological polar surface area (TPSA) is 66.8 Å². The molecule has 0 bridgehead atoms. The van der Waals surface area contributed by atoms with Gasteiger partial charge in [-0.05, 0) is 18.6 Å². The Hall–Kier alpha value is -0.730. The van der Waals surface area contributed by atoms with E-state index in [9.17, 15) is 12.8 Å². The molecule has 20 heavy (non-hydrogen) atoms. The Balaban J connectivity index is 2.38. The van der Waals surface area contributed by atoms with Gasteiger partial charge >= 0.3 is 0 Å². The Bertz CT molecular complexity index is 608. The van der Waals surface area contributed by atoms with E-state index in [1.807, 2.05) is 0 Å². The van der Waals surface area contributed by atoms with Crippen LogP contribution >= 0.6 is 11.6 Å². The second-order valence-electron chi connectivity index (χ2n) is 4.55. The predicted octanol–water partition coefficient (Wildman–Crippen LogP) is 1.38. The number of nitrogens with zero attached hydrogens (tertiary/aromatic N) is 1. The molecule has 0 aromatic heterocycles. The largest absolute Gasteiger partial charge is 0.392 e. The zero-order chi connectivity index (χ0) is 14.9. The van der Waals surface area contributed by atoms with E-state index in [1.165, 1.54) is 17.5 Å². The van der Waals surface area contributed by atoms with Gasteiger partial charge in [0.1, 0.15) is 5.82 Å². The first kappa shape index (κ1) is 15.7. The standard InChI is InChI=1S/C12H15ClFNO4S/c1-19-9-2-3-15(6-9)20(17,18)10-4-8(7-16)12(13)11(14)5-10/h4-5,9,16H,2-3,6-7H2,1H3. The lowest BCUT2D eigenvalue weighted by atomic mass is 10.2. The van der Waals surface area contributed by atoms with Gasteiger partial charge in [0.05, 0.1) is 22.6 Å². The minimum atomic E-state index is -3.81. The van der Waals surface area contributed by atoms with Crippen molar-refractivity contribution in [2.75, 3.05) is 20.2 Å². The number of hydrogen-bond acceptors (Lipinski definition) is 4. The predicted molar refractivity (Wildman–Crippen MR) is 71.5 cm³/mol. The molecule has 1 atom stereocenters. The van der Waals surface area contributed by atoms with Gasteiger partial charge in [0.2, 0.25) is 10.0 Å². The highest BCUT2D eigenvalue weighted by atomic mass is 35.5. The molecule has 0 spiro atoms. The summed E-state index contributed by atoms with van der Waals surface area (Å²) in [6.45, 7) is 0.0247. The number of aliphatic hydroxyl groups excluding tert-OH is 1. The van der Waals surface area contributed by atoms with Crippen molar-refractivity contribution >= 4 is 21.6 Å². The third-order valence-electron chi connectivity index (χ3n) is 3.33. The SMILES string of the molecule is COC1CCN(S(=O)(=O)c2cc(F)c(Cl)c(CO)c2)C1. The van der Waals surface area contributed by atoms with Gasteiger partial charge in [0.25, 0.3) is 0 Å². The second-order valence-corrected chi connectivity index (χ2v) is 6.86. The molecular weight excluding hydrogens is 309 g/mol. The van der Waals surface area contributed by atoms with Gasteiger partial charge in [0, 0.05) is 25.8 Å². The first-order valence-electron chi connectivity index (χ1n) is 6.02. The van der Waals surface area contributed by atoms with Crippen LogP contribution in [0.2, 0.25) is 5.02 Å². The first-order valence-corrected chi connectivity index (χ1v) is 7.83. The fourth-order valence-corrected chi connectivity index (χ4v) is 3.86. The molecule has 1 aromatic carbocycles. The number of halogens is 2. The van der Waals surface area contributed by atoms with Crippen molar-refractivity contribution in [3.63, 3.8) is 0 Å². The van der Waals surface area contributed by atoms with Crippen LogP contribution in [0.3, 0.4) is 0 Å². The molecule has 0 radical (unpaired) electrons. The maximum atomic E-state index is 13.6. The molecule has 1 unspecified atom stereocenters. The van der Waals surface area contributed by atoms with Crippen molar-refractivity contribution in [2.45, 2.75) is 24.0 Å². The number of rotatable bonds is 4. The Morgan fingerprint density at radius 3 is 2.80 bits per heavy atom. The number of benzene rings is 1. The Kier molecular flexibility index (Phi) is 4.66. The van der Waals surface area contributed by atoms with Crippen LogP contribution in [0.4, 0.5) is 4.39 Å². The van der Waals surface area contributed by atoms with Crippen molar-refractivity contribution in [1.82, 2.24) is 4.31 Å². The zero-order valence-electron chi connectivity index (χ0n) is 10.8. The lowest BCUT2D eigenvalue weighted by molar-refractivity contribution is 0.115. The molecule has 2 rings (SSSR count). The Morgan fingerprint density at radius 1 is 1.55 bits per heavy atom. The van der Waals surface area contributed by atoms with E-state index < -0.39 is 22.4 Å². The molecule has 8 heteroatoms. The Morgan fingerprint density at radius 2 is 2.25 bits per heavy atom. The van der Waals surface area contributed by atoms with E-state index in [0.29, 0.717) is 13.0 Å². The first-order chi connectivity index (χ1) is 9.40. The molecule has 0 aliphatic carbocycles. The summed E-state index contributed by atoms with van der Waals surface area (Å²) in [4.78, 5) is -0.208. The van der Waals surface area contributed by atoms with Crippen LogP contribution in [0.5, 0.6) is 0 Å². The lowest BCUT2D eigenvalue weighted by Crippen LogP contribution is -2.30. The summed E-state index contributed by atoms with van der Waals surface area (Å²) in [6.07, 6.45) is 0.442. The summed E-state index contributed by atoms with van der Waals surface area (Å²) in [6, 6.07) is 2.07. The van der Waals surface area contributed by atoms with Gasteiger partial charge in [-0.1, -0.05) is 11.6 Å². The fraction of sp³-hybridized carbons (Fsp3) is 0.500. The van der Waals surface area contributed by atoms with E-state index in [1.54, 1.807) is 0 Å². The molecule has 1 saturated heterocycles. The van der Waals surface area contributed by atoms with Crippen molar-refractivity contribution < 1.29 is 22.7 Å². The van der Waals surface area contributed by atoms with Crippen molar-refractivity contribution in [1.29, 1.82) is 0 Å². The zero-order valence-corrected chi connectivity index (χ0v) is 12.4. The van der Waals surface area contributed by atoms with Crippen molar-refractivity contribution in [3.05, 3.63) is 28.5 Å². The summed E-state index contributed by atoms with van der Waals surface area (Å²) < 4.78 is 44.8. The minimum absolute atomic E-state index is 0.0488. The molecular formula is C12H15ClFNO4S. The third-order valence-corrected chi connectivity index (χ3v) is 5.59. The quantitative estimate of drug-likeness (QED) is 0.909. The van der Waals surface area contributed by atoms with Gasteiger partial charge in [-0.2, -0.15) is 4.31 Å². The van der Waals surface area contributed by atoms with Crippen LogP contribution in [-0.2, 0) is 21.4 Å². The number of ether oxygens (including phenoxy) is 1. The highest BCUT2D eigenvalue weighted by Crippen LogP contribution is 2.28. The molecule has 1 N–H and O–H groups in total. The van der Waals surface area contributed by atoms with Crippen LogP contribution in [0.25, 0.3) is 0 Å². The van der Waals surface area contributed by atoms with Gasteiger partial charge < -0.3 is 9.84 Å². The number of aliphatic hydroxyl groups is 1. The average molecular weight is 324 g/mol. The monoisotopic (exact) mass is 323 g/mol. The molecule has 1 aromatic rings. The molecule has 1 heterocycles. The minimum Gasteiger partial charge on any atom is -0.392 e. The number of sulfonamides is 1. The normalized spacial score (nSPS) is 20.5. The maximum Gasteiger partial charge on any atom is 0.243 e. The van der Waals surface area contributed by atoms with Gasteiger partial charge in [-0.25, -0.2) is 12.8 Å². The number of hydrogen-bond donors (Lipinski definition) is 1. The average Bonchev–Trinajstić information content (AvgIpc) is 2.91. The van der Waals surface area contributed by atoms with E-state index in [4.69, 9.17) is 21.4 Å². The lowest BCUT2D eigenvalue weighted by Gasteiger charge is -2.17. The van der Waals surface area contributed by atoms with Crippen LogP contribution < -0.4 is 0 Å². The van der Waals surface area contributed by atoms with Crippen LogP contribution in [0, 0.1) is 5.82 Å². The van der Waals surface area contributed by atoms with Gasteiger partial charge in [0.15, 0.2) is 0 Å². The highest BCUT2D eigenvalue weighted by Gasteiger charge is 2.33. The summed E-state index contributed by atoms with van der Waals surface area (Å²) >= 11 is 5.66. The van der Waals surface area contributed by atoms with Crippen molar-refractivity contribution in [2.24, 2.45) is 0 Å². The fourth-order valence-electron chi connectivity index (χ4n) is 2.14. The molecule has 112 valence electrons. The third kappa shape index (κ3) is 2.82. The molecule has 1 aliphatic rings. The molecule has 1 aliphatic heterocycles. The van der Waals surface area contributed by atoms with Crippen LogP contribution in [-0.4, -0.2) is 44.1 Å². The van der Waals surface area contributed by atoms with E-state index in [2.05, 4.69) is 0 Å². The van der Waals surface area contributed by atoms with Gasteiger partial charge in [-0.3, -0.25) is 0 Å². The summed E-state index contributed by atoms with van der Waals surface area (Å²) in [7, 11) is -2.29. The van der Waals surface area contributed by atoms with E-state index in [-0.39, 0.29) is 28.1 Å². The second kappa shape index (κ2) is 5.95. The molecule has 0 amide bonds. The van der Waals surface area contributed by atoms with Crippen LogP contribution in [0.15, 0.2) is 17.0 Å². The van der Waals surface area contributed by atoms with E-state index >= 15 is 0 Å². The molecule has 0 saturated carbocycles. The van der Waals surface area contributed by atoms with Gasteiger partial charge in [-0.15, -0.1) is 0 Å².